The maximum Gasteiger partial charge on any atom is 0.472 e. The number of phosphoric acid groups is 1. The van der Waals surface area contributed by atoms with Gasteiger partial charge in [-0.05, 0) is 44.9 Å². The molecule has 2 atom stereocenters. The van der Waals surface area contributed by atoms with Crippen LogP contribution in [0.2, 0.25) is 0 Å². The fourth-order valence-corrected chi connectivity index (χ4v) is 4.85. The summed E-state index contributed by atoms with van der Waals surface area (Å²) in [5.74, 6) is -0.543. The first-order chi connectivity index (χ1) is 20.8. The fourth-order valence-electron chi connectivity index (χ4n) is 4.10. The number of carbonyl (C=O) groups is 2. The van der Waals surface area contributed by atoms with Crippen molar-refractivity contribution < 1.29 is 37.9 Å². The van der Waals surface area contributed by atoms with Crippen molar-refractivity contribution in [1.82, 2.24) is 5.32 Å². The highest BCUT2D eigenvalue weighted by molar-refractivity contribution is 7.47. The molecule has 0 aromatic rings. The molecule has 0 saturated carbocycles. The van der Waals surface area contributed by atoms with Gasteiger partial charge < -0.3 is 20.1 Å². The van der Waals surface area contributed by atoms with E-state index in [-0.39, 0.29) is 32.1 Å². The van der Waals surface area contributed by atoms with E-state index in [0.29, 0.717) is 6.42 Å². The number of phosphoric ester groups is 1. The van der Waals surface area contributed by atoms with Crippen molar-refractivity contribution in [3.8, 4) is 0 Å². The lowest BCUT2D eigenvalue weighted by Gasteiger charge is -2.15. The quantitative estimate of drug-likeness (QED) is 0.0317. The molecule has 2 unspecified atom stereocenters. The molecule has 0 aromatic heterocycles. The molecule has 250 valence electrons. The SMILES string of the molecule is CC/C=C\C/C=C\C/C=C\CCCCCCCCCC(=O)OCC(O)COP(=O)(O)OCCNC(=O)CCCCCCC. The monoisotopic (exact) mass is 629 g/mol. The Kier molecular flexibility index (Phi) is 29.0. The van der Waals surface area contributed by atoms with Crippen LogP contribution in [-0.4, -0.2) is 54.3 Å². The number of carbonyl (C=O) groups excluding carboxylic acids is 2. The van der Waals surface area contributed by atoms with Crippen LogP contribution in [0.25, 0.3) is 0 Å². The first-order valence-electron chi connectivity index (χ1n) is 16.5. The number of hydrogen-bond acceptors (Lipinski definition) is 7. The summed E-state index contributed by atoms with van der Waals surface area (Å²) in [5, 5.41) is 12.5. The third-order valence-corrected chi connectivity index (χ3v) is 7.57. The molecule has 43 heavy (non-hydrogen) atoms. The Balaban J connectivity index is 3.65. The normalized spacial score (nSPS) is 14.0. The summed E-state index contributed by atoms with van der Waals surface area (Å²) in [6.45, 7) is 3.31. The minimum Gasteiger partial charge on any atom is -0.463 e. The average molecular weight is 630 g/mol. The third-order valence-electron chi connectivity index (χ3n) is 6.58. The molecule has 0 aliphatic rings. The molecule has 0 bridgehead atoms. The highest BCUT2D eigenvalue weighted by Crippen LogP contribution is 2.42. The van der Waals surface area contributed by atoms with E-state index in [4.69, 9.17) is 13.8 Å². The lowest BCUT2D eigenvalue weighted by Crippen LogP contribution is -2.27. The van der Waals surface area contributed by atoms with Crippen LogP contribution < -0.4 is 5.32 Å². The van der Waals surface area contributed by atoms with Crippen LogP contribution in [0.5, 0.6) is 0 Å². The average Bonchev–Trinajstić information content (AvgIpc) is 2.98. The van der Waals surface area contributed by atoms with E-state index in [0.717, 1.165) is 83.5 Å². The van der Waals surface area contributed by atoms with Crippen LogP contribution in [0.3, 0.4) is 0 Å². The summed E-state index contributed by atoms with van der Waals surface area (Å²) < 4.78 is 26.5. The molecule has 0 radical (unpaired) electrons. The zero-order valence-electron chi connectivity index (χ0n) is 26.9. The molecule has 0 saturated heterocycles. The van der Waals surface area contributed by atoms with Crippen molar-refractivity contribution in [2.45, 2.75) is 136 Å². The van der Waals surface area contributed by atoms with E-state index >= 15 is 0 Å². The zero-order chi connectivity index (χ0) is 31.9. The number of rotatable bonds is 30. The van der Waals surface area contributed by atoms with Crippen molar-refractivity contribution in [2.75, 3.05) is 26.4 Å². The molecule has 0 spiro atoms. The second-order valence-corrected chi connectivity index (χ2v) is 12.2. The Morgan fingerprint density at radius 1 is 0.744 bits per heavy atom. The summed E-state index contributed by atoms with van der Waals surface area (Å²) >= 11 is 0. The van der Waals surface area contributed by atoms with Gasteiger partial charge in [-0.2, -0.15) is 0 Å². The highest BCUT2D eigenvalue weighted by Gasteiger charge is 2.23. The molecule has 0 rings (SSSR count). The second kappa shape index (κ2) is 30.3. The minimum atomic E-state index is -4.40. The van der Waals surface area contributed by atoms with Gasteiger partial charge in [0.15, 0.2) is 0 Å². The smallest absolute Gasteiger partial charge is 0.463 e. The Morgan fingerprint density at radius 2 is 1.33 bits per heavy atom. The molecule has 9 nitrogen and oxygen atoms in total. The van der Waals surface area contributed by atoms with Crippen LogP contribution in [0.15, 0.2) is 36.5 Å². The van der Waals surface area contributed by atoms with Crippen LogP contribution in [0.4, 0.5) is 0 Å². The minimum absolute atomic E-state index is 0.0790. The van der Waals surface area contributed by atoms with Gasteiger partial charge in [-0.25, -0.2) is 4.57 Å². The Hall–Kier alpha value is -1.77. The van der Waals surface area contributed by atoms with Gasteiger partial charge in [0.05, 0.1) is 13.2 Å². The van der Waals surface area contributed by atoms with Crippen molar-refractivity contribution in [1.29, 1.82) is 0 Å². The van der Waals surface area contributed by atoms with E-state index < -0.39 is 26.5 Å². The lowest BCUT2D eigenvalue weighted by molar-refractivity contribution is -0.147. The predicted octanol–water partition coefficient (Wildman–Crippen LogP) is 7.87. The first kappa shape index (κ1) is 41.2. The topological polar surface area (TPSA) is 131 Å². The lowest BCUT2D eigenvalue weighted by atomic mass is 10.1. The summed E-state index contributed by atoms with van der Waals surface area (Å²) in [7, 11) is -4.40. The maximum absolute atomic E-state index is 11.9. The number of allylic oxidation sites excluding steroid dienone is 6. The number of amides is 1. The van der Waals surface area contributed by atoms with Gasteiger partial charge in [-0.1, -0.05) is 108 Å². The molecule has 0 fully saturated rings. The molecule has 0 aromatic carbocycles. The van der Waals surface area contributed by atoms with Crippen molar-refractivity contribution >= 4 is 19.7 Å². The van der Waals surface area contributed by atoms with E-state index in [2.05, 4.69) is 55.6 Å². The van der Waals surface area contributed by atoms with E-state index in [9.17, 15) is 24.2 Å². The predicted molar refractivity (Wildman–Crippen MR) is 174 cm³/mol. The van der Waals surface area contributed by atoms with Crippen LogP contribution >= 0.6 is 7.82 Å². The Bertz CT molecular complexity index is 815. The summed E-state index contributed by atoms with van der Waals surface area (Å²) in [5.41, 5.74) is 0. The van der Waals surface area contributed by atoms with Crippen molar-refractivity contribution in [3.05, 3.63) is 36.5 Å². The summed E-state index contributed by atoms with van der Waals surface area (Å²) in [4.78, 5) is 33.4. The van der Waals surface area contributed by atoms with E-state index in [1.54, 1.807) is 0 Å². The number of ether oxygens (including phenoxy) is 1. The number of unbranched alkanes of at least 4 members (excludes halogenated alkanes) is 11. The summed E-state index contributed by atoms with van der Waals surface area (Å²) in [6.07, 6.45) is 29.7. The van der Waals surface area contributed by atoms with Gasteiger partial charge in [0.25, 0.3) is 0 Å². The molecule has 0 heterocycles. The Labute approximate surface area is 261 Å². The number of hydrogen-bond donors (Lipinski definition) is 3. The van der Waals surface area contributed by atoms with E-state index in [1.807, 2.05) is 0 Å². The number of esters is 1. The van der Waals surface area contributed by atoms with Crippen molar-refractivity contribution in [2.24, 2.45) is 0 Å². The molecule has 1 amide bonds. The molecular weight excluding hydrogens is 569 g/mol. The van der Waals surface area contributed by atoms with Gasteiger partial charge in [0.2, 0.25) is 5.91 Å². The van der Waals surface area contributed by atoms with Gasteiger partial charge >= 0.3 is 13.8 Å². The molecule has 0 aliphatic heterocycles. The number of aliphatic hydroxyl groups excluding tert-OH is 1. The first-order valence-corrected chi connectivity index (χ1v) is 18.0. The third kappa shape index (κ3) is 31.5. The summed E-state index contributed by atoms with van der Waals surface area (Å²) in [6, 6.07) is 0. The van der Waals surface area contributed by atoms with Crippen molar-refractivity contribution in [3.63, 3.8) is 0 Å². The largest absolute Gasteiger partial charge is 0.472 e. The van der Waals surface area contributed by atoms with Crippen LogP contribution in [0, 0.1) is 0 Å². The second-order valence-electron chi connectivity index (χ2n) is 10.8. The standard InChI is InChI=1S/C33H60NO8P/c1-3-5-7-9-10-11-12-13-14-15-16-17-18-19-20-22-24-26-33(37)40-29-31(35)30-42-43(38,39)41-28-27-34-32(36)25-23-21-8-6-4-2/h5,7,10-11,13-14,31,35H,3-4,6,8-9,12,15-30H2,1-2H3,(H,34,36)(H,38,39)/b7-5-,11-10-,14-13-. The fraction of sp³-hybridized carbons (Fsp3) is 0.758. The molecule has 10 heteroatoms. The van der Waals surface area contributed by atoms with Gasteiger partial charge in [0, 0.05) is 19.4 Å². The highest BCUT2D eigenvalue weighted by atomic mass is 31.2. The number of aliphatic hydroxyl groups is 1. The zero-order valence-corrected chi connectivity index (χ0v) is 27.8. The van der Waals surface area contributed by atoms with Crippen LogP contribution in [-0.2, 0) is 27.9 Å². The number of nitrogens with one attached hydrogen (secondary N) is 1. The Morgan fingerprint density at radius 3 is 2.00 bits per heavy atom. The van der Waals surface area contributed by atoms with E-state index in [1.165, 1.54) is 19.3 Å². The molecule has 3 N–H and O–H groups in total. The molecule has 0 aliphatic carbocycles. The van der Waals surface area contributed by atoms with Crippen LogP contribution in [0.1, 0.15) is 129 Å². The van der Waals surface area contributed by atoms with Gasteiger partial charge in [-0.15, -0.1) is 0 Å². The molecular formula is C33H60NO8P. The maximum atomic E-state index is 11.9. The van der Waals surface area contributed by atoms with Gasteiger partial charge in [0.1, 0.15) is 12.7 Å². The van der Waals surface area contributed by atoms with Gasteiger partial charge in [-0.3, -0.25) is 18.6 Å².